The summed E-state index contributed by atoms with van der Waals surface area (Å²) in [5.41, 5.74) is 13.3. The van der Waals surface area contributed by atoms with Crippen molar-refractivity contribution in [3.63, 3.8) is 0 Å². The Morgan fingerprint density at radius 1 is 0.239 bits per heavy atom. The third kappa shape index (κ3) is 22.1. The maximum Gasteiger partial charge on any atom is 0.308 e. The van der Waals surface area contributed by atoms with Gasteiger partial charge in [-0.25, -0.2) is 0 Å². The number of carbonyl (C=O) groups excluding carboxylic acids is 5. The minimum absolute atomic E-state index is 0.298. The molecule has 0 saturated carbocycles. The molecule has 15 nitrogen and oxygen atoms in total. The Hall–Kier alpha value is -16.7. The molecule has 0 fully saturated rings. The third-order valence-electron chi connectivity index (χ3n) is 26.6. The van der Waals surface area contributed by atoms with E-state index < -0.39 is 5.41 Å². The molecular weight excluding hydrogens is 1770 g/mol. The highest BCUT2D eigenvalue weighted by Gasteiger charge is 2.34. The largest absolute Gasteiger partial charge is 0.497 e. The van der Waals surface area contributed by atoms with Crippen molar-refractivity contribution in [1.29, 1.82) is 0 Å². The SMILES string of the molecule is COc1ccc(Cc2ccc(OC(C)=O)c3ccccc23)c2ccccc12.COc1ccc2cc(C(C)C(C)c3ccc4cc(OC(C)=O)ccc4c3)ccc2c1.COc1ccc2cc(Cc3ccc4c(C)c(OC(C)=O)ccc4c3)ccc2c1C.COc1ccc2ccccc2c1C(C)(C)c1c(OC(C)=O)ccc2ccccc12.COc1ccc2ccccc2c1Cc1c(OC(C)=O)ccc2ccccc12. The molecule has 0 saturated heterocycles. The number of hydrogen-bond acceptors (Lipinski definition) is 15. The lowest BCUT2D eigenvalue weighted by molar-refractivity contribution is -0.132. The number of esters is 5. The number of fused-ring (bicyclic) bond motifs is 10. The van der Waals surface area contributed by atoms with Gasteiger partial charge in [0.05, 0.1) is 35.5 Å². The van der Waals surface area contributed by atoms with Crippen LogP contribution in [0.2, 0.25) is 0 Å². The lowest BCUT2D eigenvalue weighted by Crippen LogP contribution is -2.23. The van der Waals surface area contributed by atoms with Crippen LogP contribution in [-0.4, -0.2) is 65.4 Å². The van der Waals surface area contributed by atoms with Gasteiger partial charge in [-0.15, -0.1) is 0 Å². The monoisotopic (exact) mass is 1880 g/mol. The quantitative estimate of drug-likeness (QED) is 0.0490. The lowest BCUT2D eigenvalue weighted by Gasteiger charge is -2.32. The fraction of sp³-hybridized carbons (Fsp3) is 0.173. The lowest BCUT2D eigenvalue weighted by atomic mass is 9.73. The summed E-state index contributed by atoms with van der Waals surface area (Å²) in [6.07, 6.45) is 2.25. The van der Waals surface area contributed by atoms with Gasteiger partial charge in [0.2, 0.25) is 0 Å². The summed E-state index contributed by atoms with van der Waals surface area (Å²) in [7, 11) is 8.48. The molecule has 20 aromatic carbocycles. The number of ether oxygens (including phenoxy) is 10. The first-order chi connectivity index (χ1) is 68.7. The van der Waals surface area contributed by atoms with Crippen molar-refractivity contribution in [1.82, 2.24) is 0 Å². The van der Waals surface area contributed by atoms with Crippen molar-refractivity contribution < 1.29 is 71.3 Å². The van der Waals surface area contributed by atoms with Gasteiger partial charge < -0.3 is 47.4 Å². The molecule has 0 aliphatic heterocycles. The number of carbonyl (C=O) groups is 5. The summed E-state index contributed by atoms with van der Waals surface area (Å²) in [5.74, 6) is 6.46. The second-order valence-electron chi connectivity index (χ2n) is 36.1. The van der Waals surface area contributed by atoms with E-state index in [-0.39, 0.29) is 29.8 Å². The first-order valence-corrected chi connectivity index (χ1v) is 47.5. The van der Waals surface area contributed by atoms with E-state index in [1.807, 2.05) is 183 Å². The van der Waals surface area contributed by atoms with E-state index >= 15 is 0 Å². The molecule has 0 aromatic heterocycles. The van der Waals surface area contributed by atoms with E-state index in [9.17, 15) is 24.0 Å². The van der Waals surface area contributed by atoms with Gasteiger partial charge in [-0.3, -0.25) is 24.0 Å². The molecule has 0 bridgehead atoms. The van der Waals surface area contributed by atoms with Gasteiger partial charge in [0.25, 0.3) is 0 Å². The van der Waals surface area contributed by atoms with Gasteiger partial charge in [-0.2, -0.15) is 0 Å². The van der Waals surface area contributed by atoms with Gasteiger partial charge >= 0.3 is 29.8 Å². The molecule has 20 rings (SSSR count). The van der Waals surface area contributed by atoms with Gasteiger partial charge in [0.15, 0.2) is 0 Å². The van der Waals surface area contributed by atoms with Crippen LogP contribution in [0.3, 0.4) is 0 Å². The molecule has 0 aliphatic rings. The van der Waals surface area contributed by atoms with Crippen molar-refractivity contribution in [2.45, 2.75) is 113 Å². The average Bonchev–Trinajstić information content (AvgIpc) is 0.718. The Labute approximate surface area is 828 Å². The maximum atomic E-state index is 11.9. The van der Waals surface area contributed by atoms with Crippen LogP contribution < -0.4 is 47.4 Å². The zero-order valence-electron chi connectivity index (χ0n) is 82.9. The van der Waals surface area contributed by atoms with Crippen molar-refractivity contribution in [3.8, 4) is 57.5 Å². The zero-order chi connectivity index (χ0) is 100.0. The van der Waals surface area contributed by atoms with Crippen LogP contribution in [0.5, 0.6) is 57.5 Å². The normalized spacial score (nSPS) is 11.5. The van der Waals surface area contributed by atoms with E-state index in [1.54, 1.807) is 35.5 Å². The minimum Gasteiger partial charge on any atom is -0.497 e. The fourth-order valence-corrected chi connectivity index (χ4v) is 19.5. The van der Waals surface area contributed by atoms with Crippen LogP contribution in [0.1, 0.15) is 141 Å². The van der Waals surface area contributed by atoms with Crippen LogP contribution in [0, 0.1) is 13.8 Å². The van der Waals surface area contributed by atoms with Crippen LogP contribution in [0.15, 0.2) is 352 Å². The Morgan fingerprint density at radius 2 is 0.570 bits per heavy atom. The highest BCUT2D eigenvalue weighted by atomic mass is 16.6. The molecule has 15 heteroatoms. The van der Waals surface area contributed by atoms with E-state index in [1.165, 1.54) is 100 Å². The van der Waals surface area contributed by atoms with Gasteiger partial charge in [0.1, 0.15) is 57.5 Å². The van der Waals surface area contributed by atoms with Crippen LogP contribution >= 0.6 is 0 Å². The topological polar surface area (TPSA) is 178 Å². The number of methoxy groups -OCH3 is 5. The molecule has 2 unspecified atom stereocenters. The van der Waals surface area contributed by atoms with Crippen LogP contribution in [0.25, 0.3) is 108 Å². The average molecular weight is 1880 g/mol. The van der Waals surface area contributed by atoms with Gasteiger partial charge in [0, 0.05) is 79.5 Å². The van der Waals surface area contributed by atoms with Gasteiger partial charge in [-0.05, 0) is 253 Å². The van der Waals surface area contributed by atoms with Gasteiger partial charge in [-0.1, -0.05) is 307 Å². The summed E-state index contributed by atoms with van der Waals surface area (Å²) < 4.78 is 54.8. The molecule has 0 radical (unpaired) electrons. The van der Waals surface area contributed by atoms with Crippen molar-refractivity contribution in [2.24, 2.45) is 0 Å². The number of benzene rings is 20. The van der Waals surface area contributed by atoms with Crippen molar-refractivity contribution >= 4 is 138 Å². The number of aryl methyl sites for hydroxylation is 2. The Kier molecular flexibility index (Phi) is 30.5. The molecule has 712 valence electrons. The molecule has 2 atom stereocenters. The maximum absolute atomic E-state index is 11.9. The van der Waals surface area contributed by atoms with Crippen LogP contribution in [0.4, 0.5) is 0 Å². The third-order valence-corrected chi connectivity index (χ3v) is 26.6. The predicted octanol–water partition coefficient (Wildman–Crippen LogP) is 30.3. The molecular formula is C127H114O15. The molecule has 0 heterocycles. The van der Waals surface area contributed by atoms with Crippen LogP contribution in [-0.2, 0) is 48.7 Å². The molecule has 0 spiro atoms. The molecule has 0 aliphatic carbocycles. The minimum atomic E-state index is -0.488. The fourth-order valence-electron chi connectivity index (χ4n) is 19.5. The molecule has 0 N–H and O–H groups in total. The summed E-state index contributed by atoms with van der Waals surface area (Å²) in [4.78, 5) is 57.4. The first kappa shape index (κ1) is 98.4. The number of rotatable bonds is 21. The van der Waals surface area contributed by atoms with E-state index in [0.717, 1.165) is 150 Å². The van der Waals surface area contributed by atoms with Crippen molar-refractivity contribution in [2.75, 3.05) is 35.5 Å². The zero-order valence-corrected chi connectivity index (χ0v) is 82.9. The Bertz CT molecular complexity index is 8190. The second kappa shape index (κ2) is 44.0. The van der Waals surface area contributed by atoms with E-state index in [0.29, 0.717) is 47.0 Å². The van der Waals surface area contributed by atoms with Crippen molar-refractivity contribution in [3.05, 3.63) is 419 Å². The summed E-state index contributed by atoms with van der Waals surface area (Å²) >= 11 is 0. The summed E-state index contributed by atoms with van der Waals surface area (Å²) in [6, 6.07) is 119. The second-order valence-corrected chi connectivity index (χ2v) is 36.1. The molecule has 0 amide bonds. The smallest absolute Gasteiger partial charge is 0.308 e. The Morgan fingerprint density at radius 3 is 1.06 bits per heavy atom. The van der Waals surface area contributed by atoms with E-state index in [2.05, 4.69) is 211 Å². The highest BCUT2D eigenvalue weighted by molar-refractivity contribution is 6.00. The van der Waals surface area contributed by atoms with E-state index in [4.69, 9.17) is 47.4 Å². The Balaban J connectivity index is 0.000000128. The standard InChI is InChI=1S/C27H26O3.2C26H24O3.2C24H20O3/c1-17(20-5-7-24-15-26(29-4)11-9-22(24)13-20)18(2)21-6-8-25-16-27(30-19(3)28)12-10-23(25)14-21;1-16-23-9-5-19(14-21(23)7-11-25(16)28-4)13-20-6-10-24-17(2)26(29-18(3)27)12-8-22(24)15-20;1-17(27)29-23-16-14-19-10-6-8-12-21(19)25(23)26(2,3)24-20-11-7-5-9-18(20)13-15-22(24)28-4;1-16(25)27-24-14-12-18(20-8-4-6-10-22(20)24)15-17-11-13-23(26-2)21-9-5-3-7-19(17)21;1-16(25)27-24-14-12-18-8-4-6-10-20(18)22(24)15-21-19-9-5-3-7-17(19)11-13-23(21)26-2/h5-18H,1-4H3;5-12,14-15H,13H2,1-4H3;5-16H,1-4H3;2*3-14H,15H2,1-2H3. The highest BCUT2D eigenvalue weighted by Crippen LogP contribution is 2.49. The number of hydrogen-bond donors (Lipinski definition) is 0. The predicted molar refractivity (Wildman–Crippen MR) is 576 cm³/mol. The molecule has 20 aromatic rings. The summed E-state index contributed by atoms with van der Waals surface area (Å²) in [6.45, 7) is 20.1. The summed E-state index contributed by atoms with van der Waals surface area (Å²) in [5, 5.41) is 22.6. The first-order valence-electron chi connectivity index (χ1n) is 47.5. The molecule has 142 heavy (non-hydrogen) atoms.